The highest BCUT2D eigenvalue weighted by molar-refractivity contribution is 5.77. The van der Waals surface area contributed by atoms with Crippen LogP contribution < -0.4 is 5.32 Å². The molecule has 146 valence electrons. The van der Waals surface area contributed by atoms with E-state index in [1.165, 1.54) is 36.8 Å². The summed E-state index contributed by atoms with van der Waals surface area (Å²) >= 11 is 0. The molecule has 4 rings (SSSR count). The summed E-state index contributed by atoms with van der Waals surface area (Å²) in [5.74, 6) is 0.811. The van der Waals surface area contributed by atoms with Crippen LogP contribution >= 0.6 is 0 Å². The standard InChI is InChI=1S/C21H31N5O/c1-15-12-18-19(13-16(15)2)24-20(23-18)14-22-21(27)26-9-5-8-25(10-11-26)17-6-3-4-7-17/h12-13,17H,3-11,14H2,1-2H3,(H,22,27)(H,23,24). The number of hydrogen-bond acceptors (Lipinski definition) is 3. The molecule has 2 aromatic rings. The lowest BCUT2D eigenvalue weighted by atomic mass is 10.1. The molecule has 2 amide bonds. The van der Waals surface area contributed by atoms with Crippen LogP contribution in [0, 0.1) is 13.8 Å². The van der Waals surface area contributed by atoms with E-state index in [4.69, 9.17) is 0 Å². The molecule has 0 bridgehead atoms. The Morgan fingerprint density at radius 3 is 2.70 bits per heavy atom. The van der Waals surface area contributed by atoms with Gasteiger partial charge in [0.25, 0.3) is 0 Å². The van der Waals surface area contributed by atoms with Crippen molar-refractivity contribution in [2.45, 2.75) is 58.5 Å². The third kappa shape index (κ3) is 4.10. The highest BCUT2D eigenvalue weighted by Crippen LogP contribution is 2.24. The second-order valence-electron chi connectivity index (χ2n) is 8.11. The fraction of sp³-hybridized carbons (Fsp3) is 0.619. The zero-order valence-electron chi connectivity index (χ0n) is 16.6. The van der Waals surface area contributed by atoms with Crippen molar-refractivity contribution >= 4 is 17.1 Å². The van der Waals surface area contributed by atoms with Crippen LogP contribution in [0.25, 0.3) is 11.0 Å². The van der Waals surface area contributed by atoms with Crippen LogP contribution in [-0.2, 0) is 6.54 Å². The molecule has 27 heavy (non-hydrogen) atoms. The molecule has 1 saturated carbocycles. The second-order valence-corrected chi connectivity index (χ2v) is 8.11. The maximum absolute atomic E-state index is 12.6. The number of urea groups is 1. The van der Waals surface area contributed by atoms with Gasteiger partial charge in [-0.1, -0.05) is 12.8 Å². The SMILES string of the molecule is Cc1cc2nc(CNC(=O)N3CCCN(C4CCCC4)CC3)[nH]c2cc1C. The average molecular weight is 370 g/mol. The Bertz CT molecular complexity index is 769. The van der Waals surface area contributed by atoms with E-state index in [0.717, 1.165) is 55.5 Å². The van der Waals surface area contributed by atoms with Gasteiger partial charge in [0.05, 0.1) is 17.6 Å². The molecule has 0 radical (unpaired) electrons. The molecule has 6 heteroatoms. The van der Waals surface area contributed by atoms with Crippen molar-refractivity contribution in [2.75, 3.05) is 26.2 Å². The third-order valence-electron chi connectivity index (χ3n) is 6.21. The topological polar surface area (TPSA) is 64.3 Å². The molecular weight excluding hydrogens is 338 g/mol. The van der Waals surface area contributed by atoms with Crippen LogP contribution in [0.5, 0.6) is 0 Å². The maximum atomic E-state index is 12.6. The number of hydrogen-bond donors (Lipinski definition) is 2. The Labute approximate surface area is 161 Å². The van der Waals surface area contributed by atoms with Crippen molar-refractivity contribution < 1.29 is 4.79 Å². The van der Waals surface area contributed by atoms with Crippen molar-refractivity contribution in [2.24, 2.45) is 0 Å². The Balaban J connectivity index is 1.32. The number of nitrogens with zero attached hydrogens (tertiary/aromatic N) is 3. The number of carbonyl (C=O) groups excluding carboxylic acids is 1. The molecule has 1 saturated heterocycles. The van der Waals surface area contributed by atoms with E-state index in [2.05, 4.69) is 46.2 Å². The van der Waals surface area contributed by atoms with E-state index >= 15 is 0 Å². The van der Waals surface area contributed by atoms with Crippen molar-refractivity contribution in [3.05, 3.63) is 29.1 Å². The molecule has 2 N–H and O–H groups in total. The lowest BCUT2D eigenvalue weighted by Crippen LogP contribution is -2.42. The maximum Gasteiger partial charge on any atom is 0.317 e. The van der Waals surface area contributed by atoms with Crippen LogP contribution in [0.1, 0.15) is 49.1 Å². The molecule has 1 aliphatic heterocycles. The predicted molar refractivity (Wildman–Crippen MR) is 108 cm³/mol. The number of amides is 2. The van der Waals surface area contributed by atoms with E-state index < -0.39 is 0 Å². The highest BCUT2D eigenvalue weighted by atomic mass is 16.2. The van der Waals surface area contributed by atoms with Gasteiger partial charge in [-0.2, -0.15) is 0 Å². The smallest absolute Gasteiger partial charge is 0.317 e. The molecule has 2 heterocycles. The fourth-order valence-electron chi connectivity index (χ4n) is 4.45. The van der Waals surface area contributed by atoms with Crippen LogP contribution in [-0.4, -0.2) is 58.0 Å². The number of aromatic nitrogens is 2. The number of fused-ring (bicyclic) bond motifs is 1. The molecule has 1 aliphatic carbocycles. The van der Waals surface area contributed by atoms with E-state index in [-0.39, 0.29) is 6.03 Å². The normalized spacial score (nSPS) is 19.6. The Kier molecular flexibility index (Phi) is 5.34. The Hall–Kier alpha value is -2.08. The van der Waals surface area contributed by atoms with Gasteiger partial charge >= 0.3 is 6.03 Å². The lowest BCUT2D eigenvalue weighted by molar-refractivity contribution is 0.187. The highest BCUT2D eigenvalue weighted by Gasteiger charge is 2.26. The van der Waals surface area contributed by atoms with Crippen LogP contribution in [0.4, 0.5) is 4.79 Å². The molecule has 6 nitrogen and oxygen atoms in total. The number of rotatable bonds is 3. The molecule has 2 aliphatic rings. The van der Waals surface area contributed by atoms with Gasteiger partial charge in [-0.05, 0) is 56.4 Å². The first-order chi connectivity index (χ1) is 13.1. The summed E-state index contributed by atoms with van der Waals surface area (Å²) in [4.78, 5) is 25.1. The number of imidazole rings is 1. The molecular formula is C21H31N5O. The van der Waals surface area contributed by atoms with E-state index in [9.17, 15) is 4.79 Å². The second kappa shape index (κ2) is 7.89. The minimum atomic E-state index is 0.0242. The Morgan fingerprint density at radius 1 is 1.11 bits per heavy atom. The van der Waals surface area contributed by atoms with Crippen LogP contribution in [0.15, 0.2) is 12.1 Å². The van der Waals surface area contributed by atoms with Crippen LogP contribution in [0.3, 0.4) is 0 Å². The summed E-state index contributed by atoms with van der Waals surface area (Å²) in [5, 5.41) is 3.05. The monoisotopic (exact) mass is 369 g/mol. The number of H-pyrrole nitrogens is 1. The van der Waals surface area contributed by atoms with Crippen molar-refractivity contribution in [1.29, 1.82) is 0 Å². The lowest BCUT2D eigenvalue weighted by Gasteiger charge is -2.27. The zero-order valence-corrected chi connectivity index (χ0v) is 16.6. The van der Waals surface area contributed by atoms with Gasteiger partial charge in [0, 0.05) is 32.2 Å². The fourth-order valence-corrected chi connectivity index (χ4v) is 4.45. The predicted octanol–water partition coefficient (Wildman–Crippen LogP) is 3.34. The summed E-state index contributed by atoms with van der Waals surface area (Å²) in [6, 6.07) is 4.99. The van der Waals surface area contributed by atoms with Gasteiger partial charge in [-0.15, -0.1) is 0 Å². The molecule has 2 fully saturated rings. The van der Waals surface area contributed by atoms with Gasteiger partial charge in [0.2, 0.25) is 0 Å². The minimum absolute atomic E-state index is 0.0242. The van der Waals surface area contributed by atoms with E-state index in [0.29, 0.717) is 6.54 Å². The van der Waals surface area contributed by atoms with Crippen molar-refractivity contribution in [1.82, 2.24) is 25.1 Å². The summed E-state index contributed by atoms with van der Waals surface area (Å²) < 4.78 is 0. The minimum Gasteiger partial charge on any atom is -0.340 e. The van der Waals surface area contributed by atoms with Crippen LogP contribution in [0.2, 0.25) is 0 Å². The average Bonchev–Trinajstić information content (AvgIpc) is 3.24. The van der Waals surface area contributed by atoms with Gasteiger partial charge in [-0.25, -0.2) is 9.78 Å². The van der Waals surface area contributed by atoms with Crippen molar-refractivity contribution in [3.63, 3.8) is 0 Å². The van der Waals surface area contributed by atoms with Gasteiger partial charge in [0.15, 0.2) is 0 Å². The zero-order chi connectivity index (χ0) is 18.8. The number of aromatic amines is 1. The summed E-state index contributed by atoms with van der Waals surface area (Å²) in [5.41, 5.74) is 4.48. The summed E-state index contributed by atoms with van der Waals surface area (Å²) in [6.07, 6.45) is 6.45. The number of nitrogens with one attached hydrogen (secondary N) is 2. The quantitative estimate of drug-likeness (QED) is 0.872. The first-order valence-electron chi connectivity index (χ1n) is 10.3. The number of carbonyl (C=O) groups is 1. The first kappa shape index (κ1) is 18.3. The van der Waals surface area contributed by atoms with Crippen molar-refractivity contribution in [3.8, 4) is 0 Å². The van der Waals surface area contributed by atoms with E-state index in [1.807, 2.05) is 4.90 Å². The van der Waals surface area contributed by atoms with Gasteiger partial charge in [-0.3, -0.25) is 4.90 Å². The van der Waals surface area contributed by atoms with Gasteiger partial charge < -0.3 is 15.2 Å². The summed E-state index contributed by atoms with van der Waals surface area (Å²) in [6.45, 7) is 8.42. The largest absolute Gasteiger partial charge is 0.340 e. The number of aryl methyl sites for hydroxylation is 2. The third-order valence-corrected chi connectivity index (χ3v) is 6.21. The number of benzene rings is 1. The summed E-state index contributed by atoms with van der Waals surface area (Å²) in [7, 11) is 0. The molecule has 0 unspecified atom stereocenters. The first-order valence-corrected chi connectivity index (χ1v) is 10.3. The molecule has 1 aromatic heterocycles. The van der Waals surface area contributed by atoms with Gasteiger partial charge in [0.1, 0.15) is 5.82 Å². The molecule has 1 aromatic carbocycles. The van der Waals surface area contributed by atoms with E-state index in [1.54, 1.807) is 0 Å². The molecule has 0 atom stereocenters. The molecule has 0 spiro atoms. The Morgan fingerprint density at radius 2 is 1.89 bits per heavy atom.